The third-order valence-electron chi connectivity index (χ3n) is 5.55. The molecular weight excluding hydrogens is 518 g/mol. The Bertz CT molecular complexity index is 1130. The lowest BCUT2D eigenvalue weighted by Crippen LogP contribution is -2.54. The summed E-state index contributed by atoms with van der Waals surface area (Å²) in [7, 11) is -10.5. The molecular formula is C17H28N2O14P2. The van der Waals surface area contributed by atoms with Gasteiger partial charge in [-0.05, 0) is 20.8 Å². The average Bonchev–Trinajstić information content (AvgIpc) is 3.06. The second kappa shape index (κ2) is 10.2. The number of aliphatic hydroxyl groups is 3. The van der Waals surface area contributed by atoms with Crippen LogP contribution in [0.2, 0.25) is 0 Å². The number of H-pyrrole nitrogens is 1. The quantitative estimate of drug-likeness (QED) is 0.214. The van der Waals surface area contributed by atoms with Crippen molar-refractivity contribution in [2.45, 2.75) is 76.1 Å². The second-order valence-corrected chi connectivity index (χ2v) is 11.6. The van der Waals surface area contributed by atoms with Gasteiger partial charge in [-0.1, -0.05) is 0 Å². The Hall–Kier alpha value is -1.26. The van der Waals surface area contributed by atoms with Crippen molar-refractivity contribution < 1.29 is 57.1 Å². The molecule has 2 unspecified atom stereocenters. The van der Waals surface area contributed by atoms with Crippen molar-refractivity contribution in [3.05, 3.63) is 32.6 Å². The molecule has 1 aromatic heterocycles. The van der Waals surface area contributed by atoms with Crippen molar-refractivity contribution in [1.82, 2.24) is 9.55 Å². The molecule has 200 valence electrons. The molecule has 3 rings (SSSR count). The largest absolute Gasteiger partial charge is 0.483 e. The van der Waals surface area contributed by atoms with Crippen LogP contribution in [0.15, 0.2) is 15.8 Å². The van der Waals surface area contributed by atoms with E-state index in [0.29, 0.717) is 0 Å². The van der Waals surface area contributed by atoms with Gasteiger partial charge in [0.1, 0.15) is 18.4 Å². The second-order valence-electron chi connectivity index (χ2n) is 8.61. The van der Waals surface area contributed by atoms with E-state index in [2.05, 4.69) is 13.8 Å². The summed E-state index contributed by atoms with van der Waals surface area (Å²) in [6.45, 7) is 3.30. The minimum absolute atomic E-state index is 0.124. The minimum atomic E-state index is -5.28. The van der Waals surface area contributed by atoms with E-state index in [9.17, 15) is 43.8 Å². The molecule has 0 radical (unpaired) electrons. The summed E-state index contributed by atoms with van der Waals surface area (Å²) in [5.41, 5.74) is -2.91. The zero-order valence-corrected chi connectivity index (χ0v) is 20.7. The first kappa shape index (κ1) is 28.3. The van der Waals surface area contributed by atoms with Crippen LogP contribution in [0.1, 0.15) is 38.5 Å². The smallest absolute Gasteiger partial charge is 0.390 e. The van der Waals surface area contributed by atoms with E-state index in [4.69, 9.17) is 14.0 Å². The predicted molar refractivity (Wildman–Crippen MR) is 114 cm³/mol. The number of nitrogens with zero attached hydrogens (tertiary/aromatic N) is 1. The molecule has 18 heteroatoms. The highest BCUT2D eigenvalue weighted by molar-refractivity contribution is 7.61. The number of nitrogens with one attached hydrogen (secondary N) is 1. The van der Waals surface area contributed by atoms with Gasteiger partial charge in [0, 0.05) is 24.6 Å². The van der Waals surface area contributed by atoms with Crippen molar-refractivity contribution in [2.75, 3.05) is 6.61 Å². The van der Waals surface area contributed by atoms with Gasteiger partial charge in [-0.3, -0.25) is 23.4 Å². The Kier molecular flexibility index (Phi) is 8.29. The highest BCUT2D eigenvalue weighted by Gasteiger charge is 2.47. The van der Waals surface area contributed by atoms with Crippen molar-refractivity contribution in [3.63, 3.8) is 0 Å². The number of aliphatic hydroxyl groups excluding tert-OH is 2. The topological polar surface area (TPSA) is 236 Å². The molecule has 0 aromatic carbocycles. The van der Waals surface area contributed by atoms with Gasteiger partial charge in [-0.25, -0.2) is 13.9 Å². The number of aromatic nitrogens is 2. The van der Waals surface area contributed by atoms with Crippen LogP contribution in [0.5, 0.6) is 0 Å². The SMILES string of the molecule is Cc1cn([C@H]2C[C@H](O)[C@@H](COP(=O)(O)OP(=O)(O)O[C@@H]3C[C@](C)(O)[C@H](O)[C@@H](C)O3)O2)c(=O)[nH]c1=O. The van der Waals surface area contributed by atoms with Gasteiger partial charge in [0.2, 0.25) is 0 Å². The van der Waals surface area contributed by atoms with Gasteiger partial charge in [-0.15, -0.1) is 0 Å². The number of aryl methyl sites for hydroxylation is 1. The number of aromatic amines is 1. The lowest BCUT2D eigenvalue weighted by atomic mass is 9.89. The van der Waals surface area contributed by atoms with Crippen LogP contribution in [-0.4, -0.2) is 77.6 Å². The first-order valence-electron chi connectivity index (χ1n) is 10.4. The van der Waals surface area contributed by atoms with Crippen molar-refractivity contribution >= 4 is 15.6 Å². The molecule has 0 aliphatic carbocycles. The molecule has 1 aromatic rings. The van der Waals surface area contributed by atoms with Crippen molar-refractivity contribution in [2.24, 2.45) is 0 Å². The third kappa shape index (κ3) is 6.95. The predicted octanol–water partition coefficient (Wildman–Crippen LogP) is -1.01. The van der Waals surface area contributed by atoms with E-state index < -0.39 is 82.5 Å². The van der Waals surface area contributed by atoms with Crippen LogP contribution in [0, 0.1) is 6.92 Å². The zero-order chi connectivity index (χ0) is 26.3. The number of phosphoric ester groups is 2. The average molecular weight is 546 g/mol. The fourth-order valence-electron chi connectivity index (χ4n) is 3.71. The molecule has 0 spiro atoms. The van der Waals surface area contributed by atoms with Gasteiger partial charge in [0.15, 0.2) is 6.29 Å². The van der Waals surface area contributed by atoms with E-state index in [1.165, 1.54) is 27.0 Å². The van der Waals surface area contributed by atoms with Gasteiger partial charge >= 0.3 is 21.3 Å². The summed E-state index contributed by atoms with van der Waals surface area (Å²) in [5, 5.41) is 30.2. The zero-order valence-electron chi connectivity index (χ0n) is 18.9. The first-order valence-corrected chi connectivity index (χ1v) is 13.4. The number of hydrogen-bond acceptors (Lipinski definition) is 12. The highest BCUT2D eigenvalue weighted by atomic mass is 31.3. The van der Waals surface area contributed by atoms with Gasteiger partial charge < -0.3 is 34.6 Å². The summed E-state index contributed by atoms with van der Waals surface area (Å²) in [6.07, 6.45) is -6.73. The lowest BCUT2D eigenvalue weighted by molar-refractivity contribution is -0.251. The molecule has 2 aliphatic heterocycles. The van der Waals surface area contributed by atoms with E-state index in [0.717, 1.165) is 4.57 Å². The molecule has 2 aliphatic rings. The van der Waals surface area contributed by atoms with E-state index in [-0.39, 0.29) is 12.0 Å². The molecule has 2 fully saturated rings. The lowest BCUT2D eigenvalue weighted by Gasteiger charge is -2.41. The van der Waals surface area contributed by atoms with E-state index >= 15 is 0 Å². The third-order valence-corrected chi connectivity index (χ3v) is 8.18. The van der Waals surface area contributed by atoms with Gasteiger partial charge in [0.05, 0.1) is 24.4 Å². The Morgan fingerprint density at radius 1 is 1.23 bits per heavy atom. The van der Waals surface area contributed by atoms with Crippen LogP contribution < -0.4 is 11.2 Å². The fourth-order valence-corrected chi connectivity index (χ4v) is 5.86. The highest BCUT2D eigenvalue weighted by Crippen LogP contribution is 2.61. The maximum Gasteiger partial charge on any atom is 0.483 e. The molecule has 0 saturated carbocycles. The summed E-state index contributed by atoms with van der Waals surface area (Å²) in [4.78, 5) is 45.3. The number of rotatable bonds is 8. The fraction of sp³-hybridized carbons (Fsp3) is 0.765. The Morgan fingerprint density at radius 3 is 2.51 bits per heavy atom. The molecule has 9 atom stereocenters. The summed E-state index contributed by atoms with van der Waals surface area (Å²) in [6, 6.07) is 0. The van der Waals surface area contributed by atoms with Crippen LogP contribution >= 0.6 is 15.6 Å². The van der Waals surface area contributed by atoms with Crippen LogP contribution in [0.25, 0.3) is 0 Å². The maximum atomic E-state index is 12.2. The van der Waals surface area contributed by atoms with E-state index in [1.54, 1.807) is 0 Å². The van der Waals surface area contributed by atoms with Crippen LogP contribution in [-0.2, 0) is 32.0 Å². The summed E-state index contributed by atoms with van der Waals surface area (Å²) in [5.74, 6) is 0. The van der Waals surface area contributed by atoms with Crippen LogP contribution in [0.3, 0.4) is 0 Å². The molecule has 3 heterocycles. The van der Waals surface area contributed by atoms with Crippen molar-refractivity contribution in [1.29, 1.82) is 0 Å². The molecule has 2 saturated heterocycles. The Labute approximate surface area is 198 Å². The molecule has 6 N–H and O–H groups in total. The summed E-state index contributed by atoms with van der Waals surface area (Å²) >= 11 is 0. The molecule has 0 bridgehead atoms. The molecule has 35 heavy (non-hydrogen) atoms. The molecule has 0 amide bonds. The maximum absolute atomic E-state index is 12.2. The minimum Gasteiger partial charge on any atom is -0.390 e. The standard InChI is InChI=1S/C17H28N2O14P2/c1-8-6-19(16(23)18-15(8)22)12-4-10(20)11(31-12)7-29-34(25,26)33-35(27,28)32-13-5-17(3,24)14(21)9(2)30-13/h6,9-14,20-21,24H,4-5,7H2,1-3H3,(H,25,26)(H,27,28)(H,18,22,23)/t9-,10+,11-,12-,13-,14-,17+/m1/s1. The van der Waals surface area contributed by atoms with Crippen LogP contribution in [0.4, 0.5) is 0 Å². The normalized spacial score (nSPS) is 37.0. The number of phosphoric acid groups is 2. The van der Waals surface area contributed by atoms with Gasteiger partial charge in [0.25, 0.3) is 5.56 Å². The van der Waals surface area contributed by atoms with Gasteiger partial charge in [-0.2, -0.15) is 4.31 Å². The Morgan fingerprint density at radius 2 is 1.89 bits per heavy atom. The number of hydrogen-bond donors (Lipinski definition) is 6. The van der Waals surface area contributed by atoms with Crippen molar-refractivity contribution in [3.8, 4) is 0 Å². The van der Waals surface area contributed by atoms with E-state index in [1.807, 2.05) is 0 Å². The Balaban J connectivity index is 1.58. The summed E-state index contributed by atoms with van der Waals surface area (Å²) < 4.78 is 49.7. The monoisotopic (exact) mass is 546 g/mol. The number of ether oxygens (including phenoxy) is 2. The molecule has 16 nitrogen and oxygen atoms in total. The first-order chi connectivity index (χ1) is 16.0.